The van der Waals surface area contributed by atoms with E-state index in [9.17, 15) is 19.5 Å². The minimum absolute atomic E-state index is 0.222. The topological polar surface area (TPSA) is 115 Å². The molecule has 0 fully saturated rings. The highest BCUT2D eigenvalue weighted by atomic mass is 16.4. The van der Waals surface area contributed by atoms with Gasteiger partial charge >= 0.3 is 11.9 Å². The summed E-state index contributed by atoms with van der Waals surface area (Å²) >= 11 is 0. The molecule has 0 unspecified atom stereocenters. The lowest BCUT2D eigenvalue weighted by Gasteiger charge is -2.36. The number of aliphatic carboxylic acids is 3. The van der Waals surface area contributed by atoms with Gasteiger partial charge < -0.3 is 24.6 Å². The fourth-order valence-corrected chi connectivity index (χ4v) is 4.65. The summed E-state index contributed by atoms with van der Waals surface area (Å²) in [6, 6.07) is 0. The van der Waals surface area contributed by atoms with E-state index in [2.05, 4.69) is 19.1 Å². The van der Waals surface area contributed by atoms with Crippen molar-refractivity contribution in [2.45, 2.75) is 122 Å². The van der Waals surface area contributed by atoms with Crippen molar-refractivity contribution in [3.05, 3.63) is 12.2 Å². The number of carboxylic acid groups (broad SMARTS) is 3. The third-order valence-corrected chi connectivity index (χ3v) is 6.55. The SMILES string of the molecule is CCCCCCCC/C=C/CCCCCCCCCCCC[N+](CC(=O)[O-])(CC(=O)O)CC(=O)O. The van der Waals surface area contributed by atoms with Gasteiger partial charge in [0.2, 0.25) is 0 Å². The van der Waals surface area contributed by atoms with Crippen LogP contribution in [-0.2, 0) is 14.4 Å². The van der Waals surface area contributed by atoms with Crippen LogP contribution in [0.5, 0.6) is 0 Å². The number of nitrogens with zero attached hydrogens (tertiary/aromatic N) is 1. The largest absolute Gasteiger partial charge is 0.544 e. The summed E-state index contributed by atoms with van der Waals surface area (Å²) in [5.74, 6) is -3.81. The van der Waals surface area contributed by atoms with Crippen molar-refractivity contribution in [3.63, 3.8) is 0 Å². The molecule has 2 N–H and O–H groups in total. The molecule has 0 aromatic rings. The van der Waals surface area contributed by atoms with Crippen LogP contribution >= 0.6 is 0 Å². The second-order valence-corrected chi connectivity index (χ2v) is 10.1. The van der Waals surface area contributed by atoms with Gasteiger partial charge in [0, 0.05) is 0 Å². The van der Waals surface area contributed by atoms with Gasteiger partial charge in [0.15, 0.2) is 13.1 Å². The van der Waals surface area contributed by atoms with Crippen molar-refractivity contribution < 1.29 is 34.2 Å². The Labute approximate surface area is 213 Å². The normalized spacial score (nSPS) is 11.8. The van der Waals surface area contributed by atoms with Crippen LogP contribution < -0.4 is 5.11 Å². The summed E-state index contributed by atoms with van der Waals surface area (Å²) in [5.41, 5.74) is 0. The van der Waals surface area contributed by atoms with Crippen LogP contribution in [-0.4, -0.2) is 58.8 Å². The number of hydrogen-bond donors (Lipinski definition) is 2. The number of rotatable bonds is 26. The average molecular weight is 498 g/mol. The van der Waals surface area contributed by atoms with Crippen molar-refractivity contribution >= 4 is 17.9 Å². The molecule has 204 valence electrons. The van der Waals surface area contributed by atoms with Crippen molar-refractivity contribution in [1.82, 2.24) is 0 Å². The Bertz CT molecular complexity index is 549. The first-order valence-electron chi connectivity index (χ1n) is 13.9. The molecule has 0 aliphatic carbocycles. The standard InChI is InChI=1S/C28H51NO6/c1-2-3-4-5-6-7-8-9-10-11-12-13-14-15-16-17-18-19-20-21-22-29(23-26(30)31,24-27(32)33)25-28(34)35/h9-10H,2-8,11-25H2,1H3,(H2-,30,31,32,33,34,35)/b10-9+. The first kappa shape index (κ1) is 33.1. The van der Waals surface area contributed by atoms with E-state index >= 15 is 0 Å². The molecular weight excluding hydrogens is 446 g/mol. The predicted octanol–water partition coefficient (Wildman–Crippen LogP) is 5.32. The first-order chi connectivity index (χ1) is 16.8. The molecule has 0 radical (unpaired) electrons. The van der Waals surface area contributed by atoms with Crippen LogP contribution in [0.25, 0.3) is 0 Å². The maximum absolute atomic E-state index is 11.2. The molecule has 7 nitrogen and oxygen atoms in total. The van der Waals surface area contributed by atoms with E-state index in [1.54, 1.807) is 0 Å². The minimum Gasteiger partial charge on any atom is -0.544 e. The van der Waals surface area contributed by atoms with E-state index in [-0.39, 0.29) is 6.54 Å². The van der Waals surface area contributed by atoms with Crippen LogP contribution in [0.1, 0.15) is 122 Å². The van der Waals surface area contributed by atoms with E-state index in [1.807, 2.05) is 0 Å². The van der Waals surface area contributed by atoms with Gasteiger partial charge in [0.1, 0.15) is 6.54 Å². The molecule has 0 atom stereocenters. The highest BCUT2D eigenvalue weighted by Crippen LogP contribution is 2.15. The Morgan fingerprint density at radius 2 is 0.971 bits per heavy atom. The highest BCUT2D eigenvalue weighted by Gasteiger charge is 2.33. The smallest absolute Gasteiger partial charge is 0.359 e. The van der Waals surface area contributed by atoms with Crippen LogP contribution in [0.4, 0.5) is 0 Å². The Kier molecular flexibility index (Phi) is 21.3. The fraction of sp³-hybridized carbons (Fsp3) is 0.821. The van der Waals surface area contributed by atoms with E-state index in [0.717, 1.165) is 19.3 Å². The van der Waals surface area contributed by atoms with E-state index in [1.165, 1.54) is 89.9 Å². The van der Waals surface area contributed by atoms with Crippen molar-refractivity contribution in [1.29, 1.82) is 0 Å². The van der Waals surface area contributed by atoms with Crippen LogP contribution in [0.15, 0.2) is 12.2 Å². The quantitative estimate of drug-likeness (QED) is 0.0949. The minimum atomic E-state index is -1.42. The lowest BCUT2D eigenvalue weighted by Crippen LogP contribution is -2.59. The predicted molar refractivity (Wildman–Crippen MR) is 138 cm³/mol. The Morgan fingerprint density at radius 1 is 0.600 bits per heavy atom. The molecule has 0 aliphatic rings. The maximum atomic E-state index is 11.2. The van der Waals surface area contributed by atoms with Gasteiger partial charge in [-0.05, 0) is 38.5 Å². The molecule has 0 aliphatic heterocycles. The summed E-state index contributed by atoms with van der Waals surface area (Å²) in [5, 5.41) is 29.3. The number of allylic oxidation sites excluding steroid dienone is 2. The highest BCUT2D eigenvalue weighted by molar-refractivity contribution is 5.72. The number of carboxylic acids is 3. The summed E-state index contributed by atoms with van der Waals surface area (Å²) < 4.78 is -0.499. The zero-order valence-corrected chi connectivity index (χ0v) is 22.2. The van der Waals surface area contributed by atoms with Gasteiger partial charge in [-0.1, -0.05) is 96.1 Å². The van der Waals surface area contributed by atoms with Gasteiger partial charge in [-0.25, -0.2) is 9.59 Å². The summed E-state index contributed by atoms with van der Waals surface area (Å²) in [6.07, 6.45) is 26.3. The molecule has 0 saturated heterocycles. The molecule has 0 heterocycles. The Morgan fingerprint density at radius 3 is 1.34 bits per heavy atom. The zero-order chi connectivity index (χ0) is 26.2. The van der Waals surface area contributed by atoms with Gasteiger partial charge in [-0.2, -0.15) is 0 Å². The lowest BCUT2D eigenvalue weighted by molar-refractivity contribution is -0.909. The number of quaternary nitrogens is 1. The number of carbonyl (C=O) groups is 3. The zero-order valence-electron chi connectivity index (χ0n) is 22.2. The second kappa shape index (κ2) is 22.6. The molecule has 35 heavy (non-hydrogen) atoms. The van der Waals surface area contributed by atoms with Crippen LogP contribution in [0.3, 0.4) is 0 Å². The van der Waals surface area contributed by atoms with Crippen molar-refractivity contribution in [3.8, 4) is 0 Å². The number of hydrogen-bond acceptors (Lipinski definition) is 4. The molecule has 0 rings (SSSR count). The van der Waals surface area contributed by atoms with Gasteiger partial charge in [0.05, 0.1) is 12.5 Å². The Balaban J connectivity index is 3.72. The van der Waals surface area contributed by atoms with E-state index in [4.69, 9.17) is 10.2 Å². The van der Waals surface area contributed by atoms with Crippen LogP contribution in [0, 0.1) is 0 Å². The first-order valence-corrected chi connectivity index (χ1v) is 13.9. The average Bonchev–Trinajstić information content (AvgIpc) is 2.76. The molecule has 0 saturated carbocycles. The molecule has 0 bridgehead atoms. The molecule has 7 heteroatoms. The fourth-order valence-electron chi connectivity index (χ4n) is 4.65. The molecule has 0 aromatic carbocycles. The van der Waals surface area contributed by atoms with E-state index < -0.39 is 42.0 Å². The van der Waals surface area contributed by atoms with Gasteiger partial charge in [-0.3, -0.25) is 0 Å². The third-order valence-electron chi connectivity index (χ3n) is 6.55. The molecule has 0 amide bonds. The maximum Gasteiger partial charge on any atom is 0.359 e. The summed E-state index contributed by atoms with van der Waals surface area (Å²) in [7, 11) is 0. The molecular formula is C28H51NO6. The monoisotopic (exact) mass is 497 g/mol. The third kappa shape index (κ3) is 22.3. The number of carbonyl (C=O) groups excluding carboxylic acids is 1. The van der Waals surface area contributed by atoms with Gasteiger partial charge in [0.25, 0.3) is 0 Å². The van der Waals surface area contributed by atoms with E-state index in [0.29, 0.717) is 6.42 Å². The van der Waals surface area contributed by atoms with Gasteiger partial charge in [-0.15, -0.1) is 0 Å². The summed E-state index contributed by atoms with van der Waals surface area (Å²) in [4.78, 5) is 33.4. The Hall–Kier alpha value is -1.89. The van der Waals surface area contributed by atoms with Crippen molar-refractivity contribution in [2.24, 2.45) is 0 Å². The summed E-state index contributed by atoms with van der Waals surface area (Å²) in [6.45, 7) is 0.848. The van der Waals surface area contributed by atoms with Crippen molar-refractivity contribution in [2.75, 3.05) is 26.2 Å². The number of unbranched alkanes of at least 4 members (excludes halogenated alkanes) is 16. The second-order valence-electron chi connectivity index (χ2n) is 10.1. The lowest BCUT2D eigenvalue weighted by atomic mass is 10.0. The molecule has 0 spiro atoms. The van der Waals surface area contributed by atoms with Crippen LogP contribution in [0.2, 0.25) is 0 Å². The molecule has 0 aromatic heterocycles.